The van der Waals surface area contributed by atoms with E-state index >= 15 is 0 Å². The Hall–Kier alpha value is -3.85. The lowest BCUT2D eigenvalue weighted by molar-refractivity contribution is 0.101. The van der Waals surface area contributed by atoms with Crippen LogP contribution in [0.2, 0.25) is 0 Å². The molecule has 0 unspecified atom stereocenters. The Labute approximate surface area is 163 Å². The second-order valence-corrected chi connectivity index (χ2v) is 6.54. The van der Waals surface area contributed by atoms with Crippen molar-refractivity contribution in [3.05, 3.63) is 77.7 Å². The van der Waals surface area contributed by atoms with Crippen molar-refractivity contribution >= 4 is 34.0 Å². The third kappa shape index (κ3) is 3.94. The zero-order valence-electron chi connectivity index (χ0n) is 14.3. The van der Waals surface area contributed by atoms with Crippen LogP contribution in [0, 0.1) is 0 Å². The van der Waals surface area contributed by atoms with Crippen LogP contribution in [0.5, 0.6) is 0 Å². The fourth-order valence-corrected chi connectivity index (χ4v) is 2.91. The number of amides is 2. The maximum absolute atomic E-state index is 12.4. The van der Waals surface area contributed by atoms with E-state index in [1.54, 1.807) is 60.4 Å². The first kappa shape index (κ1) is 17.6. The highest BCUT2D eigenvalue weighted by Crippen LogP contribution is 2.20. The van der Waals surface area contributed by atoms with Gasteiger partial charge in [-0.2, -0.15) is 0 Å². The van der Waals surface area contributed by atoms with Crippen molar-refractivity contribution in [2.45, 2.75) is 0 Å². The molecule has 0 saturated heterocycles. The second kappa shape index (κ2) is 7.80. The summed E-state index contributed by atoms with van der Waals surface area (Å²) in [5, 5.41) is 11.5. The van der Waals surface area contributed by atoms with E-state index < -0.39 is 5.91 Å². The predicted molar refractivity (Wildman–Crippen MR) is 104 cm³/mol. The number of anilines is 2. The van der Waals surface area contributed by atoms with Crippen molar-refractivity contribution in [3.63, 3.8) is 0 Å². The first-order chi connectivity index (χ1) is 13.7. The van der Waals surface area contributed by atoms with Crippen molar-refractivity contribution in [3.8, 4) is 11.3 Å². The number of rotatable bonds is 5. The van der Waals surface area contributed by atoms with E-state index in [0.29, 0.717) is 22.1 Å². The van der Waals surface area contributed by atoms with E-state index in [9.17, 15) is 9.59 Å². The van der Waals surface area contributed by atoms with Gasteiger partial charge in [0.25, 0.3) is 11.8 Å². The molecular formula is C19H13N5O3S. The van der Waals surface area contributed by atoms with Crippen LogP contribution in [0.3, 0.4) is 0 Å². The highest BCUT2D eigenvalue weighted by Gasteiger charge is 2.14. The molecule has 4 aromatic rings. The van der Waals surface area contributed by atoms with E-state index in [1.807, 2.05) is 6.07 Å². The van der Waals surface area contributed by atoms with Gasteiger partial charge < -0.3 is 9.84 Å². The van der Waals surface area contributed by atoms with Crippen LogP contribution in [-0.2, 0) is 0 Å². The summed E-state index contributed by atoms with van der Waals surface area (Å²) in [6, 6.07) is 11.6. The van der Waals surface area contributed by atoms with Crippen molar-refractivity contribution in [1.29, 1.82) is 0 Å². The van der Waals surface area contributed by atoms with Gasteiger partial charge in [-0.1, -0.05) is 5.16 Å². The fraction of sp³-hybridized carbons (Fsp3) is 0. The van der Waals surface area contributed by atoms with E-state index in [4.69, 9.17) is 4.52 Å². The summed E-state index contributed by atoms with van der Waals surface area (Å²) in [6.07, 6.45) is 4.88. The highest BCUT2D eigenvalue weighted by molar-refractivity contribution is 7.13. The topological polar surface area (TPSA) is 110 Å². The monoisotopic (exact) mass is 391 g/mol. The molecule has 2 N–H and O–H groups in total. The number of thiazole rings is 1. The van der Waals surface area contributed by atoms with Crippen molar-refractivity contribution < 1.29 is 14.1 Å². The summed E-state index contributed by atoms with van der Waals surface area (Å²) in [6.45, 7) is 0. The van der Waals surface area contributed by atoms with Gasteiger partial charge in [0.05, 0.1) is 0 Å². The first-order valence-corrected chi connectivity index (χ1v) is 9.06. The Morgan fingerprint density at radius 1 is 1.00 bits per heavy atom. The Bertz CT molecular complexity index is 1090. The standard InChI is InChI=1S/C19H13N5O3S/c25-17(23-19-21-8-9-28-19)12-3-5-14(6-4-12)22-18(26)15-10-16(27-24-15)13-2-1-7-20-11-13/h1-11H,(H,22,26)(H,21,23,25). The number of carbonyl (C=O) groups excluding carboxylic acids is 2. The predicted octanol–water partition coefficient (Wildman–Crippen LogP) is 3.70. The summed E-state index contributed by atoms with van der Waals surface area (Å²) in [4.78, 5) is 32.5. The van der Waals surface area contributed by atoms with E-state index in [-0.39, 0.29) is 11.6 Å². The molecule has 9 heteroatoms. The van der Waals surface area contributed by atoms with E-state index in [0.717, 1.165) is 5.56 Å². The number of benzene rings is 1. The minimum Gasteiger partial charge on any atom is -0.355 e. The molecule has 2 amide bonds. The lowest BCUT2D eigenvalue weighted by Gasteiger charge is -2.05. The summed E-state index contributed by atoms with van der Waals surface area (Å²) >= 11 is 1.34. The molecule has 28 heavy (non-hydrogen) atoms. The Balaban J connectivity index is 1.41. The quantitative estimate of drug-likeness (QED) is 0.537. The molecule has 3 aromatic heterocycles. The summed E-state index contributed by atoms with van der Waals surface area (Å²) < 4.78 is 5.20. The molecule has 0 atom stereocenters. The van der Waals surface area contributed by atoms with Crippen LogP contribution in [0.1, 0.15) is 20.8 Å². The smallest absolute Gasteiger partial charge is 0.277 e. The van der Waals surface area contributed by atoms with Crippen molar-refractivity contribution in [2.75, 3.05) is 10.6 Å². The molecule has 0 radical (unpaired) electrons. The Morgan fingerprint density at radius 2 is 1.86 bits per heavy atom. The van der Waals surface area contributed by atoms with Crippen molar-refractivity contribution in [1.82, 2.24) is 15.1 Å². The van der Waals surface area contributed by atoms with Crippen LogP contribution in [0.25, 0.3) is 11.3 Å². The summed E-state index contributed by atoms with van der Waals surface area (Å²) in [5.41, 5.74) is 1.85. The minimum absolute atomic E-state index is 0.143. The van der Waals surface area contributed by atoms with Crippen LogP contribution in [0.15, 0.2) is 71.0 Å². The number of hydrogen-bond donors (Lipinski definition) is 2. The van der Waals surface area contributed by atoms with Gasteiger partial charge in [-0.15, -0.1) is 11.3 Å². The maximum Gasteiger partial charge on any atom is 0.277 e. The van der Waals surface area contributed by atoms with Gasteiger partial charge in [0.15, 0.2) is 16.6 Å². The normalized spacial score (nSPS) is 10.4. The third-order valence-corrected chi connectivity index (χ3v) is 4.44. The maximum atomic E-state index is 12.4. The molecule has 4 rings (SSSR count). The lowest BCUT2D eigenvalue weighted by atomic mass is 10.2. The first-order valence-electron chi connectivity index (χ1n) is 8.18. The SMILES string of the molecule is O=C(Nc1nccs1)c1ccc(NC(=O)c2cc(-c3cccnc3)on2)cc1. The molecular weight excluding hydrogens is 378 g/mol. The molecule has 8 nitrogen and oxygen atoms in total. The Morgan fingerprint density at radius 3 is 2.57 bits per heavy atom. The van der Waals surface area contributed by atoms with Gasteiger partial charge >= 0.3 is 0 Å². The van der Waals surface area contributed by atoms with Gasteiger partial charge in [0.2, 0.25) is 0 Å². The number of nitrogens with one attached hydrogen (secondary N) is 2. The third-order valence-electron chi connectivity index (χ3n) is 3.75. The zero-order chi connectivity index (χ0) is 19.3. The Kier molecular flexibility index (Phi) is 4.89. The molecule has 138 valence electrons. The minimum atomic E-state index is -0.418. The van der Waals surface area contributed by atoms with Crippen LogP contribution >= 0.6 is 11.3 Å². The zero-order valence-corrected chi connectivity index (χ0v) is 15.1. The van der Waals surface area contributed by atoms with Crippen LogP contribution in [-0.4, -0.2) is 26.9 Å². The molecule has 0 fully saturated rings. The number of carbonyl (C=O) groups is 2. The molecule has 0 aliphatic rings. The largest absolute Gasteiger partial charge is 0.355 e. The fourth-order valence-electron chi connectivity index (χ4n) is 2.38. The average Bonchev–Trinajstić information content (AvgIpc) is 3.41. The molecule has 1 aromatic carbocycles. The highest BCUT2D eigenvalue weighted by atomic mass is 32.1. The molecule has 0 spiro atoms. The average molecular weight is 391 g/mol. The molecule has 0 aliphatic heterocycles. The number of aromatic nitrogens is 3. The van der Waals surface area contributed by atoms with Gasteiger partial charge in [-0.25, -0.2) is 4.98 Å². The molecule has 0 aliphatic carbocycles. The second-order valence-electron chi connectivity index (χ2n) is 5.64. The summed E-state index contributed by atoms with van der Waals surface area (Å²) in [5.74, 6) is -0.239. The van der Waals surface area contributed by atoms with Gasteiger partial charge in [0.1, 0.15) is 0 Å². The van der Waals surface area contributed by atoms with Crippen molar-refractivity contribution in [2.24, 2.45) is 0 Å². The number of nitrogens with zero attached hydrogens (tertiary/aromatic N) is 3. The van der Waals surface area contributed by atoms with E-state index in [1.165, 1.54) is 11.3 Å². The number of pyridine rings is 1. The van der Waals surface area contributed by atoms with E-state index in [2.05, 4.69) is 25.8 Å². The van der Waals surface area contributed by atoms with Gasteiger partial charge in [-0.3, -0.25) is 19.9 Å². The molecule has 0 bridgehead atoms. The summed E-state index contributed by atoms with van der Waals surface area (Å²) in [7, 11) is 0. The molecule has 0 saturated carbocycles. The molecule has 3 heterocycles. The van der Waals surface area contributed by atoms with Gasteiger partial charge in [-0.05, 0) is 36.4 Å². The number of hydrogen-bond acceptors (Lipinski definition) is 7. The van der Waals surface area contributed by atoms with Gasteiger partial charge in [0, 0.05) is 46.9 Å². The lowest BCUT2D eigenvalue weighted by Crippen LogP contribution is -2.13. The van der Waals surface area contributed by atoms with Crippen LogP contribution in [0.4, 0.5) is 10.8 Å². The van der Waals surface area contributed by atoms with Crippen LogP contribution < -0.4 is 10.6 Å².